The van der Waals surface area contributed by atoms with Crippen molar-refractivity contribution in [2.24, 2.45) is 0 Å². The molecule has 1 fully saturated rings. The van der Waals surface area contributed by atoms with Gasteiger partial charge in [0.1, 0.15) is 0 Å². The SMILES string of the molecule is CC(C)(CNC1CCNCC1)c1ccncc1. The van der Waals surface area contributed by atoms with E-state index in [1.807, 2.05) is 12.4 Å². The van der Waals surface area contributed by atoms with Crippen LogP contribution in [0.4, 0.5) is 0 Å². The molecule has 0 bridgehead atoms. The van der Waals surface area contributed by atoms with E-state index in [4.69, 9.17) is 0 Å². The first-order valence-electron chi connectivity index (χ1n) is 6.53. The van der Waals surface area contributed by atoms with Crippen LogP contribution >= 0.6 is 0 Å². The van der Waals surface area contributed by atoms with Gasteiger partial charge in [-0.25, -0.2) is 0 Å². The van der Waals surface area contributed by atoms with Crippen molar-refractivity contribution >= 4 is 0 Å². The van der Waals surface area contributed by atoms with Gasteiger partial charge >= 0.3 is 0 Å². The Bertz CT molecular complexity index is 329. The van der Waals surface area contributed by atoms with Crippen LogP contribution in [0.3, 0.4) is 0 Å². The summed E-state index contributed by atoms with van der Waals surface area (Å²) in [5, 5.41) is 7.10. The lowest BCUT2D eigenvalue weighted by Gasteiger charge is -2.30. The number of hydrogen-bond acceptors (Lipinski definition) is 3. The molecule has 0 unspecified atom stereocenters. The summed E-state index contributed by atoms with van der Waals surface area (Å²) in [6, 6.07) is 4.91. The summed E-state index contributed by atoms with van der Waals surface area (Å²) in [6.45, 7) is 7.90. The zero-order chi connectivity index (χ0) is 12.1. The van der Waals surface area contributed by atoms with Gasteiger partial charge < -0.3 is 10.6 Å². The number of nitrogens with zero attached hydrogens (tertiary/aromatic N) is 1. The van der Waals surface area contributed by atoms with Crippen LogP contribution in [0.5, 0.6) is 0 Å². The second kappa shape index (κ2) is 5.61. The minimum atomic E-state index is 0.174. The lowest BCUT2D eigenvalue weighted by molar-refractivity contribution is 0.351. The van der Waals surface area contributed by atoms with Crippen molar-refractivity contribution in [1.29, 1.82) is 0 Å². The van der Waals surface area contributed by atoms with E-state index in [-0.39, 0.29) is 5.41 Å². The van der Waals surface area contributed by atoms with Crippen LogP contribution in [-0.2, 0) is 5.41 Å². The van der Waals surface area contributed by atoms with Crippen molar-refractivity contribution in [3.05, 3.63) is 30.1 Å². The van der Waals surface area contributed by atoms with E-state index in [1.165, 1.54) is 18.4 Å². The summed E-state index contributed by atoms with van der Waals surface area (Å²) >= 11 is 0. The minimum Gasteiger partial charge on any atom is -0.317 e. The van der Waals surface area contributed by atoms with Crippen molar-refractivity contribution in [1.82, 2.24) is 15.6 Å². The van der Waals surface area contributed by atoms with Crippen LogP contribution in [0, 0.1) is 0 Å². The molecule has 1 aliphatic rings. The number of aromatic nitrogens is 1. The maximum absolute atomic E-state index is 4.08. The zero-order valence-corrected chi connectivity index (χ0v) is 10.9. The molecule has 0 aliphatic carbocycles. The first-order valence-corrected chi connectivity index (χ1v) is 6.53. The van der Waals surface area contributed by atoms with Crippen molar-refractivity contribution < 1.29 is 0 Å². The van der Waals surface area contributed by atoms with E-state index >= 15 is 0 Å². The summed E-state index contributed by atoms with van der Waals surface area (Å²) < 4.78 is 0. The lowest BCUT2D eigenvalue weighted by Crippen LogP contribution is -2.44. The third kappa shape index (κ3) is 3.51. The highest BCUT2D eigenvalue weighted by Crippen LogP contribution is 2.21. The monoisotopic (exact) mass is 233 g/mol. The molecule has 1 aromatic rings. The van der Waals surface area contributed by atoms with Gasteiger partial charge in [0.05, 0.1) is 0 Å². The molecular formula is C14H23N3. The predicted molar refractivity (Wildman–Crippen MR) is 71.2 cm³/mol. The Labute approximate surface area is 104 Å². The maximum Gasteiger partial charge on any atom is 0.0270 e. The number of piperidine rings is 1. The van der Waals surface area contributed by atoms with Crippen LogP contribution in [0.1, 0.15) is 32.3 Å². The van der Waals surface area contributed by atoms with E-state index in [9.17, 15) is 0 Å². The molecule has 3 nitrogen and oxygen atoms in total. The van der Waals surface area contributed by atoms with Gasteiger partial charge in [0.25, 0.3) is 0 Å². The Morgan fingerprint density at radius 2 is 1.94 bits per heavy atom. The molecule has 0 radical (unpaired) electrons. The first kappa shape index (κ1) is 12.5. The van der Waals surface area contributed by atoms with Gasteiger partial charge in [-0.05, 0) is 43.6 Å². The lowest BCUT2D eigenvalue weighted by atomic mass is 9.85. The molecule has 1 aromatic heterocycles. The Hall–Kier alpha value is -0.930. The van der Waals surface area contributed by atoms with E-state index in [0.717, 1.165) is 19.6 Å². The third-order valence-electron chi connectivity index (χ3n) is 3.63. The second-order valence-corrected chi connectivity index (χ2v) is 5.52. The molecule has 3 heteroatoms. The van der Waals surface area contributed by atoms with E-state index in [1.54, 1.807) is 0 Å². The molecule has 17 heavy (non-hydrogen) atoms. The van der Waals surface area contributed by atoms with Gasteiger partial charge in [-0.2, -0.15) is 0 Å². The van der Waals surface area contributed by atoms with Crippen LogP contribution < -0.4 is 10.6 Å². The Morgan fingerprint density at radius 3 is 2.59 bits per heavy atom. The third-order valence-corrected chi connectivity index (χ3v) is 3.63. The smallest absolute Gasteiger partial charge is 0.0270 e. The van der Waals surface area contributed by atoms with Gasteiger partial charge in [0.2, 0.25) is 0 Å². The zero-order valence-electron chi connectivity index (χ0n) is 10.9. The number of nitrogens with one attached hydrogen (secondary N) is 2. The molecule has 1 aliphatic heterocycles. The molecule has 2 heterocycles. The van der Waals surface area contributed by atoms with E-state index in [2.05, 4.69) is 41.6 Å². The number of hydrogen-bond donors (Lipinski definition) is 2. The first-order chi connectivity index (χ1) is 8.18. The number of rotatable bonds is 4. The molecule has 0 amide bonds. The topological polar surface area (TPSA) is 37.0 Å². The number of pyridine rings is 1. The standard InChI is InChI=1S/C14H23N3/c1-14(2,12-3-7-15-8-4-12)11-17-13-5-9-16-10-6-13/h3-4,7-8,13,16-17H,5-6,9-11H2,1-2H3. The molecular weight excluding hydrogens is 210 g/mol. The summed E-state index contributed by atoms with van der Waals surface area (Å²) in [5.41, 5.74) is 1.53. The fourth-order valence-corrected chi connectivity index (χ4v) is 2.33. The molecule has 0 aromatic carbocycles. The second-order valence-electron chi connectivity index (χ2n) is 5.52. The van der Waals surface area contributed by atoms with Crippen LogP contribution in [-0.4, -0.2) is 30.7 Å². The summed E-state index contributed by atoms with van der Waals surface area (Å²) in [7, 11) is 0. The highest BCUT2D eigenvalue weighted by Gasteiger charge is 2.22. The normalized spacial score (nSPS) is 18.2. The quantitative estimate of drug-likeness (QED) is 0.831. The molecule has 2 N–H and O–H groups in total. The summed E-state index contributed by atoms with van der Waals surface area (Å²) in [6.07, 6.45) is 6.24. The van der Waals surface area contributed by atoms with Crippen molar-refractivity contribution in [2.45, 2.75) is 38.1 Å². The van der Waals surface area contributed by atoms with Gasteiger partial charge in [-0.3, -0.25) is 4.98 Å². The van der Waals surface area contributed by atoms with E-state index < -0.39 is 0 Å². The fourth-order valence-electron chi connectivity index (χ4n) is 2.33. The molecule has 0 spiro atoms. The molecule has 1 saturated heterocycles. The predicted octanol–water partition coefficient (Wildman–Crippen LogP) is 1.70. The molecule has 94 valence electrons. The van der Waals surface area contributed by atoms with Crippen LogP contribution in [0.15, 0.2) is 24.5 Å². The van der Waals surface area contributed by atoms with Gasteiger partial charge in [0.15, 0.2) is 0 Å². The highest BCUT2D eigenvalue weighted by atomic mass is 15.0. The fraction of sp³-hybridized carbons (Fsp3) is 0.643. The Kier molecular flexibility index (Phi) is 4.13. The van der Waals surface area contributed by atoms with Gasteiger partial charge in [0, 0.05) is 30.4 Å². The largest absolute Gasteiger partial charge is 0.317 e. The molecule has 2 rings (SSSR count). The highest BCUT2D eigenvalue weighted by molar-refractivity contribution is 5.21. The van der Waals surface area contributed by atoms with Gasteiger partial charge in [-0.15, -0.1) is 0 Å². The van der Waals surface area contributed by atoms with E-state index in [0.29, 0.717) is 6.04 Å². The average Bonchev–Trinajstić information content (AvgIpc) is 2.39. The van der Waals surface area contributed by atoms with Crippen LogP contribution in [0.2, 0.25) is 0 Å². The van der Waals surface area contributed by atoms with Crippen LogP contribution in [0.25, 0.3) is 0 Å². The Morgan fingerprint density at radius 1 is 1.29 bits per heavy atom. The molecule has 0 saturated carbocycles. The average molecular weight is 233 g/mol. The minimum absolute atomic E-state index is 0.174. The molecule has 0 atom stereocenters. The van der Waals surface area contributed by atoms with Crippen molar-refractivity contribution in [3.63, 3.8) is 0 Å². The Balaban J connectivity index is 1.88. The van der Waals surface area contributed by atoms with Crippen molar-refractivity contribution in [3.8, 4) is 0 Å². The maximum atomic E-state index is 4.08. The summed E-state index contributed by atoms with van der Waals surface area (Å²) in [5.74, 6) is 0. The van der Waals surface area contributed by atoms with Gasteiger partial charge in [-0.1, -0.05) is 13.8 Å². The van der Waals surface area contributed by atoms with Crippen molar-refractivity contribution in [2.75, 3.05) is 19.6 Å². The summed E-state index contributed by atoms with van der Waals surface area (Å²) in [4.78, 5) is 4.08.